The molecule has 21 heavy (non-hydrogen) atoms. The van der Waals surface area contributed by atoms with Crippen LogP contribution in [-0.4, -0.2) is 10.2 Å². The number of phenolic OH excluding ortho intramolecular Hbond substituents is 2. The maximum Gasteiger partial charge on any atom is 0.115 e. The molecular formula is C18H14O2S. The molecule has 0 aliphatic heterocycles. The van der Waals surface area contributed by atoms with Gasteiger partial charge in [0, 0.05) is 9.79 Å². The summed E-state index contributed by atoms with van der Waals surface area (Å²) in [5, 5.41) is 18.7. The molecule has 0 unspecified atom stereocenters. The molecule has 0 fully saturated rings. The van der Waals surface area contributed by atoms with Gasteiger partial charge in [0.25, 0.3) is 0 Å². The van der Waals surface area contributed by atoms with Gasteiger partial charge in [-0.05, 0) is 59.7 Å². The van der Waals surface area contributed by atoms with E-state index < -0.39 is 0 Å². The van der Waals surface area contributed by atoms with E-state index in [9.17, 15) is 10.2 Å². The van der Waals surface area contributed by atoms with E-state index in [0.717, 1.165) is 20.9 Å². The Labute approximate surface area is 127 Å². The Hall–Kier alpha value is -2.39. The Bertz CT molecular complexity index is 734. The second-order valence-electron chi connectivity index (χ2n) is 4.67. The van der Waals surface area contributed by atoms with Crippen LogP contribution >= 0.6 is 11.8 Å². The number of aromatic hydroxyl groups is 2. The van der Waals surface area contributed by atoms with Crippen molar-refractivity contribution in [3.8, 4) is 22.6 Å². The first-order chi connectivity index (χ1) is 10.2. The molecule has 0 heterocycles. The van der Waals surface area contributed by atoms with Crippen LogP contribution in [0.3, 0.4) is 0 Å². The van der Waals surface area contributed by atoms with Crippen LogP contribution in [0.25, 0.3) is 11.1 Å². The van der Waals surface area contributed by atoms with E-state index in [-0.39, 0.29) is 11.5 Å². The normalized spacial score (nSPS) is 10.5. The molecule has 0 aliphatic carbocycles. The topological polar surface area (TPSA) is 40.5 Å². The lowest BCUT2D eigenvalue weighted by atomic mass is 10.1. The number of phenols is 2. The molecule has 3 aromatic rings. The monoisotopic (exact) mass is 294 g/mol. The van der Waals surface area contributed by atoms with Gasteiger partial charge >= 0.3 is 0 Å². The third-order valence-electron chi connectivity index (χ3n) is 3.11. The van der Waals surface area contributed by atoms with Gasteiger partial charge in [-0.3, -0.25) is 0 Å². The zero-order valence-electron chi connectivity index (χ0n) is 11.2. The lowest BCUT2D eigenvalue weighted by molar-refractivity contribution is 0.474. The highest BCUT2D eigenvalue weighted by atomic mass is 32.2. The highest BCUT2D eigenvalue weighted by Crippen LogP contribution is 2.32. The van der Waals surface area contributed by atoms with E-state index in [4.69, 9.17) is 0 Å². The summed E-state index contributed by atoms with van der Waals surface area (Å²) in [5.74, 6) is 0.547. The van der Waals surface area contributed by atoms with Gasteiger partial charge in [-0.15, -0.1) is 0 Å². The summed E-state index contributed by atoms with van der Waals surface area (Å²) >= 11 is 1.65. The summed E-state index contributed by atoms with van der Waals surface area (Å²) in [6.07, 6.45) is 0. The van der Waals surface area contributed by atoms with Crippen LogP contribution < -0.4 is 0 Å². The Morgan fingerprint density at radius 1 is 0.571 bits per heavy atom. The second kappa shape index (κ2) is 5.94. The summed E-state index contributed by atoms with van der Waals surface area (Å²) in [5.41, 5.74) is 2.18. The summed E-state index contributed by atoms with van der Waals surface area (Å²) in [7, 11) is 0. The molecule has 0 saturated carbocycles. The minimum atomic E-state index is 0.272. The average molecular weight is 294 g/mol. The lowest BCUT2D eigenvalue weighted by Gasteiger charge is -2.06. The Morgan fingerprint density at radius 3 is 1.86 bits per heavy atom. The van der Waals surface area contributed by atoms with Gasteiger partial charge in [0.2, 0.25) is 0 Å². The van der Waals surface area contributed by atoms with Gasteiger partial charge in [0.15, 0.2) is 0 Å². The largest absolute Gasteiger partial charge is 0.508 e. The number of rotatable bonds is 3. The standard InChI is InChI=1S/C18H14O2S/c19-15-6-4-13(5-7-15)14-2-1-3-18(12-14)21-17-10-8-16(20)9-11-17/h1-12,19-20H. The summed E-state index contributed by atoms with van der Waals surface area (Å²) < 4.78 is 0. The van der Waals surface area contributed by atoms with Gasteiger partial charge in [-0.25, -0.2) is 0 Å². The molecule has 3 rings (SSSR count). The SMILES string of the molecule is Oc1ccc(Sc2cccc(-c3ccc(O)cc3)c2)cc1. The number of benzene rings is 3. The van der Waals surface area contributed by atoms with Crippen molar-refractivity contribution < 1.29 is 10.2 Å². The minimum absolute atomic E-state index is 0.272. The molecule has 0 atom stereocenters. The molecule has 104 valence electrons. The van der Waals surface area contributed by atoms with Crippen molar-refractivity contribution in [3.63, 3.8) is 0 Å². The molecule has 0 saturated heterocycles. The maximum atomic E-state index is 9.35. The maximum absolute atomic E-state index is 9.35. The van der Waals surface area contributed by atoms with E-state index in [0.29, 0.717) is 0 Å². The van der Waals surface area contributed by atoms with Gasteiger partial charge < -0.3 is 10.2 Å². The molecule has 2 nitrogen and oxygen atoms in total. The minimum Gasteiger partial charge on any atom is -0.508 e. The first-order valence-corrected chi connectivity index (χ1v) is 7.39. The average Bonchev–Trinajstić information content (AvgIpc) is 2.51. The molecule has 3 heteroatoms. The fraction of sp³-hybridized carbons (Fsp3) is 0. The zero-order chi connectivity index (χ0) is 14.7. The zero-order valence-corrected chi connectivity index (χ0v) is 12.0. The van der Waals surface area contributed by atoms with E-state index in [1.165, 1.54) is 0 Å². The number of hydrogen-bond donors (Lipinski definition) is 2. The predicted octanol–water partition coefficient (Wildman–Crippen LogP) is 4.92. The Morgan fingerprint density at radius 2 is 1.19 bits per heavy atom. The van der Waals surface area contributed by atoms with Gasteiger partial charge in [-0.2, -0.15) is 0 Å². The highest BCUT2D eigenvalue weighted by molar-refractivity contribution is 7.99. The molecule has 0 radical (unpaired) electrons. The predicted molar refractivity (Wildman–Crippen MR) is 85.8 cm³/mol. The van der Waals surface area contributed by atoms with Crippen molar-refractivity contribution in [3.05, 3.63) is 72.8 Å². The van der Waals surface area contributed by atoms with Crippen LogP contribution in [-0.2, 0) is 0 Å². The van der Waals surface area contributed by atoms with Crippen LogP contribution in [0.4, 0.5) is 0 Å². The smallest absolute Gasteiger partial charge is 0.115 e. The molecule has 0 aromatic heterocycles. The quantitative estimate of drug-likeness (QED) is 0.720. The first-order valence-electron chi connectivity index (χ1n) is 6.57. The first kappa shape index (κ1) is 13.6. The van der Waals surface area contributed by atoms with Crippen molar-refractivity contribution in [2.75, 3.05) is 0 Å². The van der Waals surface area contributed by atoms with Crippen molar-refractivity contribution in [1.29, 1.82) is 0 Å². The van der Waals surface area contributed by atoms with Crippen molar-refractivity contribution >= 4 is 11.8 Å². The van der Waals surface area contributed by atoms with Crippen LogP contribution in [0.5, 0.6) is 11.5 Å². The summed E-state index contributed by atoms with van der Waals surface area (Å²) in [4.78, 5) is 2.21. The van der Waals surface area contributed by atoms with Crippen molar-refractivity contribution in [2.24, 2.45) is 0 Å². The van der Waals surface area contributed by atoms with Crippen molar-refractivity contribution in [2.45, 2.75) is 9.79 Å². The summed E-state index contributed by atoms with van der Waals surface area (Å²) in [6.45, 7) is 0. The fourth-order valence-electron chi connectivity index (χ4n) is 2.04. The highest BCUT2D eigenvalue weighted by Gasteiger charge is 2.02. The fourth-order valence-corrected chi connectivity index (χ4v) is 2.92. The number of hydrogen-bond acceptors (Lipinski definition) is 3. The molecule has 0 spiro atoms. The third kappa shape index (κ3) is 3.38. The molecule has 3 aromatic carbocycles. The molecule has 0 bridgehead atoms. The third-order valence-corrected chi connectivity index (χ3v) is 4.10. The molecular weight excluding hydrogens is 280 g/mol. The van der Waals surface area contributed by atoms with E-state index in [2.05, 4.69) is 12.1 Å². The van der Waals surface area contributed by atoms with E-state index in [1.54, 1.807) is 36.0 Å². The van der Waals surface area contributed by atoms with Gasteiger partial charge in [-0.1, -0.05) is 36.0 Å². The Balaban J connectivity index is 1.86. The van der Waals surface area contributed by atoms with Gasteiger partial charge in [0.1, 0.15) is 11.5 Å². The van der Waals surface area contributed by atoms with E-state index in [1.807, 2.05) is 36.4 Å². The van der Waals surface area contributed by atoms with Crippen molar-refractivity contribution in [1.82, 2.24) is 0 Å². The van der Waals surface area contributed by atoms with Gasteiger partial charge in [0.05, 0.1) is 0 Å². The second-order valence-corrected chi connectivity index (χ2v) is 5.82. The molecule has 0 aliphatic rings. The lowest BCUT2D eigenvalue weighted by Crippen LogP contribution is -1.79. The summed E-state index contributed by atoms with van der Waals surface area (Å²) in [6, 6.07) is 22.6. The van der Waals surface area contributed by atoms with Crippen LogP contribution in [0.15, 0.2) is 82.6 Å². The van der Waals surface area contributed by atoms with Crippen LogP contribution in [0.1, 0.15) is 0 Å². The molecule has 0 amide bonds. The van der Waals surface area contributed by atoms with Crippen LogP contribution in [0.2, 0.25) is 0 Å². The molecule has 2 N–H and O–H groups in total. The van der Waals surface area contributed by atoms with E-state index >= 15 is 0 Å². The van der Waals surface area contributed by atoms with Crippen LogP contribution in [0, 0.1) is 0 Å². The Kier molecular flexibility index (Phi) is 3.84.